The first-order chi connectivity index (χ1) is 16.3. The molecule has 0 bridgehead atoms. The zero-order valence-electron chi connectivity index (χ0n) is 19.3. The highest BCUT2D eigenvalue weighted by atomic mass is 19.1. The van der Waals surface area contributed by atoms with Crippen molar-refractivity contribution in [3.63, 3.8) is 0 Å². The van der Waals surface area contributed by atoms with Gasteiger partial charge in [-0.3, -0.25) is 14.5 Å². The molecule has 1 aliphatic carbocycles. The lowest BCUT2D eigenvalue weighted by Crippen LogP contribution is -2.29. The molecule has 2 aliphatic rings. The first-order valence-electron chi connectivity index (χ1n) is 11.6. The van der Waals surface area contributed by atoms with Crippen molar-refractivity contribution in [2.24, 2.45) is 0 Å². The van der Waals surface area contributed by atoms with Crippen molar-refractivity contribution in [2.45, 2.75) is 45.6 Å². The summed E-state index contributed by atoms with van der Waals surface area (Å²) in [5.74, 6) is -2.07. The van der Waals surface area contributed by atoms with Crippen molar-refractivity contribution in [1.29, 1.82) is 0 Å². The summed E-state index contributed by atoms with van der Waals surface area (Å²) in [6.45, 7) is 3.85. The van der Waals surface area contributed by atoms with Gasteiger partial charge in [0.05, 0.1) is 11.6 Å². The van der Waals surface area contributed by atoms with Crippen molar-refractivity contribution in [2.75, 3.05) is 4.90 Å². The van der Waals surface area contributed by atoms with E-state index >= 15 is 0 Å². The van der Waals surface area contributed by atoms with Gasteiger partial charge in [-0.25, -0.2) is 4.39 Å². The molecule has 1 heterocycles. The second-order valence-corrected chi connectivity index (χ2v) is 9.26. The SMILES string of the molecule is Cc1cc(C)cc(N2C(=O)C(=O)/C(=C(\O)c3ccc4c(c3)CCCC4)C2c2ccc(F)cc2)c1. The predicted octanol–water partition coefficient (Wildman–Crippen LogP) is 5.95. The Morgan fingerprint density at radius 2 is 1.53 bits per heavy atom. The number of hydrogen-bond donors (Lipinski definition) is 1. The maximum atomic E-state index is 13.7. The third-order valence-corrected chi connectivity index (χ3v) is 6.74. The molecule has 1 aliphatic heterocycles. The summed E-state index contributed by atoms with van der Waals surface area (Å²) in [6.07, 6.45) is 4.16. The lowest BCUT2D eigenvalue weighted by Gasteiger charge is -2.26. The van der Waals surface area contributed by atoms with Crippen LogP contribution < -0.4 is 4.90 Å². The largest absolute Gasteiger partial charge is 0.507 e. The molecule has 0 spiro atoms. The molecule has 0 aromatic heterocycles. The fourth-order valence-corrected chi connectivity index (χ4v) is 5.19. The fourth-order valence-electron chi connectivity index (χ4n) is 5.19. The first kappa shape index (κ1) is 22.1. The summed E-state index contributed by atoms with van der Waals surface area (Å²) >= 11 is 0. The molecule has 5 heteroatoms. The molecule has 1 amide bonds. The van der Waals surface area contributed by atoms with Gasteiger partial charge in [-0.2, -0.15) is 0 Å². The van der Waals surface area contributed by atoms with Crippen LogP contribution in [-0.4, -0.2) is 16.8 Å². The molecule has 4 nitrogen and oxygen atoms in total. The number of benzene rings is 3. The molecule has 1 N–H and O–H groups in total. The number of carbonyl (C=O) groups is 2. The average Bonchev–Trinajstić information content (AvgIpc) is 3.08. The van der Waals surface area contributed by atoms with Crippen molar-refractivity contribution in [1.82, 2.24) is 0 Å². The molecule has 1 fully saturated rings. The van der Waals surface area contributed by atoms with Crippen molar-refractivity contribution >= 4 is 23.1 Å². The summed E-state index contributed by atoms with van der Waals surface area (Å²) in [5, 5.41) is 11.4. The van der Waals surface area contributed by atoms with Crippen LogP contribution in [0.15, 0.2) is 66.2 Å². The van der Waals surface area contributed by atoms with Crippen LogP contribution in [0.1, 0.15) is 52.3 Å². The monoisotopic (exact) mass is 455 g/mol. The number of fused-ring (bicyclic) bond motifs is 1. The van der Waals surface area contributed by atoms with Crippen LogP contribution in [0.5, 0.6) is 0 Å². The van der Waals surface area contributed by atoms with Gasteiger partial charge in [-0.1, -0.05) is 30.3 Å². The molecule has 3 aromatic rings. The second-order valence-electron chi connectivity index (χ2n) is 9.26. The zero-order chi connectivity index (χ0) is 24.0. The minimum Gasteiger partial charge on any atom is -0.507 e. The topological polar surface area (TPSA) is 57.6 Å². The van der Waals surface area contributed by atoms with E-state index in [1.807, 2.05) is 50.2 Å². The number of rotatable bonds is 3. The van der Waals surface area contributed by atoms with E-state index in [1.165, 1.54) is 22.6 Å². The van der Waals surface area contributed by atoms with E-state index in [2.05, 4.69) is 0 Å². The molecule has 0 radical (unpaired) electrons. The number of ketones is 1. The minimum atomic E-state index is -0.863. The van der Waals surface area contributed by atoms with Gasteiger partial charge in [0.25, 0.3) is 11.7 Å². The maximum absolute atomic E-state index is 13.7. The first-order valence-corrected chi connectivity index (χ1v) is 11.6. The Bertz CT molecular complexity index is 1320. The third-order valence-electron chi connectivity index (χ3n) is 6.74. The Balaban J connectivity index is 1.71. The Morgan fingerprint density at radius 1 is 0.882 bits per heavy atom. The molecule has 0 saturated carbocycles. The van der Waals surface area contributed by atoms with Gasteiger partial charge in [0, 0.05) is 11.3 Å². The number of amides is 1. The second kappa shape index (κ2) is 8.56. The Labute approximate surface area is 198 Å². The molecule has 172 valence electrons. The van der Waals surface area contributed by atoms with Gasteiger partial charge in [-0.05, 0) is 97.7 Å². The van der Waals surface area contributed by atoms with Crippen LogP contribution in [0.4, 0.5) is 10.1 Å². The number of halogens is 1. The highest BCUT2D eigenvalue weighted by molar-refractivity contribution is 6.51. The average molecular weight is 456 g/mol. The van der Waals surface area contributed by atoms with Gasteiger partial charge < -0.3 is 5.11 Å². The molecule has 3 aromatic carbocycles. The van der Waals surface area contributed by atoms with E-state index in [0.717, 1.165) is 42.4 Å². The van der Waals surface area contributed by atoms with Gasteiger partial charge >= 0.3 is 0 Å². The lowest BCUT2D eigenvalue weighted by atomic mass is 9.88. The molecular weight excluding hydrogens is 429 g/mol. The summed E-state index contributed by atoms with van der Waals surface area (Å²) in [4.78, 5) is 28.1. The third kappa shape index (κ3) is 3.81. The van der Waals surface area contributed by atoms with Gasteiger partial charge in [0.15, 0.2) is 0 Å². The molecular formula is C29H26FNO3. The van der Waals surface area contributed by atoms with E-state index in [1.54, 1.807) is 12.1 Å². The van der Waals surface area contributed by atoms with Crippen LogP contribution >= 0.6 is 0 Å². The van der Waals surface area contributed by atoms with Crippen molar-refractivity contribution in [3.8, 4) is 0 Å². The van der Waals surface area contributed by atoms with Crippen LogP contribution in [0.2, 0.25) is 0 Å². The molecule has 1 atom stereocenters. The number of aryl methyl sites for hydroxylation is 4. The summed E-state index contributed by atoms with van der Waals surface area (Å²) in [6, 6.07) is 16.3. The number of hydrogen-bond acceptors (Lipinski definition) is 3. The molecule has 1 unspecified atom stereocenters. The Hall–Kier alpha value is -3.73. The Kier molecular flexibility index (Phi) is 5.56. The van der Waals surface area contributed by atoms with Crippen molar-refractivity contribution < 1.29 is 19.1 Å². The van der Waals surface area contributed by atoms with E-state index in [0.29, 0.717) is 16.8 Å². The van der Waals surface area contributed by atoms with Crippen LogP contribution in [0.3, 0.4) is 0 Å². The summed E-state index contributed by atoms with van der Waals surface area (Å²) < 4.78 is 13.7. The summed E-state index contributed by atoms with van der Waals surface area (Å²) in [7, 11) is 0. The predicted molar refractivity (Wildman–Crippen MR) is 130 cm³/mol. The van der Waals surface area contributed by atoms with Crippen LogP contribution in [0, 0.1) is 19.7 Å². The highest BCUT2D eigenvalue weighted by Crippen LogP contribution is 2.43. The van der Waals surface area contributed by atoms with Gasteiger partial charge in [-0.15, -0.1) is 0 Å². The number of anilines is 1. The van der Waals surface area contributed by atoms with Gasteiger partial charge in [0.2, 0.25) is 0 Å². The number of carbonyl (C=O) groups excluding carboxylic acids is 2. The fraction of sp³-hybridized carbons (Fsp3) is 0.241. The number of aliphatic hydroxyl groups is 1. The number of nitrogens with zero attached hydrogens (tertiary/aromatic N) is 1. The molecule has 5 rings (SSSR count). The van der Waals surface area contributed by atoms with E-state index in [4.69, 9.17) is 0 Å². The zero-order valence-corrected chi connectivity index (χ0v) is 19.3. The van der Waals surface area contributed by atoms with E-state index < -0.39 is 23.5 Å². The van der Waals surface area contributed by atoms with E-state index in [-0.39, 0.29) is 11.3 Å². The van der Waals surface area contributed by atoms with E-state index in [9.17, 15) is 19.1 Å². The Morgan fingerprint density at radius 3 is 2.21 bits per heavy atom. The van der Waals surface area contributed by atoms with Crippen LogP contribution in [0.25, 0.3) is 5.76 Å². The minimum absolute atomic E-state index is 0.0199. The van der Waals surface area contributed by atoms with Crippen molar-refractivity contribution in [3.05, 3.63) is 105 Å². The van der Waals surface area contributed by atoms with Crippen LogP contribution in [-0.2, 0) is 22.4 Å². The number of Topliss-reactive ketones (excluding diaryl/α,β-unsaturated/α-hetero) is 1. The standard InChI is InChI=1S/C29H26FNO3/c1-17-13-18(2)15-24(14-17)31-26(20-9-11-23(30)12-10-20)25(28(33)29(31)34)27(32)22-8-7-19-5-3-4-6-21(19)16-22/h7-16,26,32H,3-6H2,1-2H3/b27-25-. The smallest absolute Gasteiger partial charge is 0.300 e. The maximum Gasteiger partial charge on any atom is 0.300 e. The lowest BCUT2D eigenvalue weighted by molar-refractivity contribution is -0.132. The molecule has 34 heavy (non-hydrogen) atoms. The quantitative estimate of drug-likeness (QED) is 0.302. The summed E-state index contributed by atoms with van der Waals surface area (Å²) in [5.41, 5.74) is 5.98. The highest BCUT2D eigenvalue weighted by Gasteiger charge is 2.47. The molecule has 1 saturated heterocycles. The number of aliphatic hydroxyl groups excluding tert-OH is 1. The van der Waals surface area contributed by atoms with Gasteiger partial charge in [0.1, 0.15) is 11.6 Å². The normalized spacial score (nSPS) is 19.4.